The van der Waals surface area contributed by atoms with Crippen LogP contribution in [-0.2, 0) is 11.3 Å². The van der Waals surface area contributed by atoms with Crippen LogP contribution in [0.15, 0.2) is 30.3 Å². The molecule has 1 aromatic rings. The van der Waals surface area contributed by atoms with Crippen molar-refractivity contribution in [3.05, 3.63) is 35.9 Å². The molecule has 1 aliphatic carbocycles. The first-order chi connectivity index (χ1) is 12.8. The first kappa shape index (κ1) is 19.8. The molecule has 1 heterocycles. The summed E-state index contributed by atoms with van der Waals surface area (Å²) in [7, 11) is 0. The Hall–Kier alpha value is -0.940. The zero-order valence-electron chi connectivity index (χ0n) is 15.9. The van der Waals surface area contributed by atoms with E-state index in [4.69, 9.17) is 4.74 Å². The van der Waals surface area contributed by atoms with Crippen molar-refractivity contribution in [1.29, 1.82) is 0 Å². The van der Waals surface area contributed by atoms with E-state index in [1.165, 1.54) is 44.9 Å². The fourth-order valence-corrected chi connectivity index (χ4v) is 4.50. The van der Waals surface area contributed by atoms with E-state index >= 15 is 0 Å². The van der Waals surface area contributed by atoms with Gasteiger partial charge in [0.2, 0.25) is 0 Å². The molecule has 0 radical (unpaired) electrons. The summed E-state index contributed by atoms with van der Waals surface area (Å²) in [6.45, 7) is 2.34. The summed E-state index contributed by atoms with van der Waals surface area (Å²) in [5.74, 6) is 0.845. The summed E-state index contributed by atoms with van der Waals surface area (Å²) in [5, 5.41) is 19.9. The Balaban J connectivity index is 1.51. The predicted molar refractivity (Wildman–Crippen MR) is 104 cm³/mol. The van der Waals surface area contributed by atoms with Crippen molar-refractivity contribution in [2.45, 2.75) is 70.3 Å². The van der Waals surface area contributed by atoms with E-state index in [-0.39, 0.29) is 18.8 Å². The lowest BCUT2D eigenvalue weighted by atomic mass is 9.86. The van der Waals surface area contributed by atoms with E-state index in [9.17, 15) is 10.2 Å². The number of aliphatic hydroxyl groups excluding tert-OH is 2. The summed E-state index contributed by atoms with van der Waals surface area (Å²) in [4.78, 5) is 2.35. The second-order valence-electron chi connectivity index (χ2n) is 8.14. The SMILES string of the molecule is OCC1CN(CCCC2CCCCC2)C(OCc2ccccc2)CC1O. The number of aliphatic hydroxyl groups is 2. The minimum atomic E-state index is -0.477. The van der Waals surface area contributed by atoms with Crippen molar-refractivity contribution in [2.75, 3.05) is 19.7 Å². The number of rotatable bonds is 8. The minimum absolute atomic E-state index is 0.0473. The molecule has 4 nitrogen and oxygen atoms in total. The molecule has 0 bridgehead atoms. The fraction of sp³-hybridized carbons (Fsp3) is 0.727. The van der Waals surface area contributed by atoms with Gasteiger partial charge in [0.05, 0.1) is 12.7 Å². The maximum absolute atomic E-state index is 10.3. The molecule has 1 aliphatic heterocycles. The second-order valence-corrected chi connectivity index (χ2v) is 8.14. The van der Waals surface area contributed by atoms with Gasteiger partial charge < -0.3 is 14.9 Å². The number of hydrogen-bond acceptors (Lipinski definition) is 4. The average molecular weight is 362 g/mol. The Kier molecular flexibility index (Phi) is 7.93. The number of piperidine rings is 1. The molecular formula is C22H35NO3. The lowest BCUT2D eigenvalue weighted by Gasteiger charge is -2.41. The summed E-state index contributed by atoms with van der Waals surface area (Å²) in [5.41, 5.74) is 1.16. The van der Waals surface area contributed by atoms with Gasteiger partial charge in [0.25, 0.3) is 0 Å². The van der Waals surface area contributed by atoms with Gasteiger partial charge in [-0.1, -0.05) is 62.4 Å². The van der Waals surface area contributed by atoms with Gasteiger partial charge in [0.15, 0.2) is 0 Å². The van der Waals surface area contributed by atoms with E-state index in [1.54, 1.807) is 0 Å². The topological polar surface area (TPSA) is 52.9 Å². The molecule has 3 unspecified atom stereocenters. The van der Waals surface area contributed by atoms with Crippen LogP contribution in [0.25, 0.3) is 0 Å². The second kappa shape index (κ2) is 10.4. The quantitative estimate of drug-likeness (QED) is 0.743. The summed E-state index contributed by atoms with van der Waals surface area (Å²) >= 11 is 0. The average Bonchev–Trinajstić information content (AvgIpc) is 2.69. The number of nitrogens with zero attached hydrogens (tertiary/aromatic N) is 1. The fourth-order valence-electron chi connectivity index (χ4n) is 4.50. The van der Waals surface area contributed by atoms with Crippen LogP contribution in [0.3, 0.4) is 0 Å². The smallest absolute Gasteiger partial charge is 0.113 e. The first-order valence-corrected chi connectivity index (χ1v) is 10.4. The Morgan fingerprint density at radius 3 is 2.58 bits per heavy atom. The van der Waals surface area contributed by atoms with Crippen molar-refractivity contribution in [3.8, 4) is 0 Å². The van der Waals surface area contributed by atoms with Crippen LogP contribution in [0.5, 0.6) is 0 Å². The van der Waals surface area contributed by atoms with Crippen molar-refractivity contribution in [3.63, 3.8) is 0 Å². The number of ether oxygens (including phenoxy) is 1. The van der Waals surface area contributed by atoms with Gasteiger partial charge in [0.1, 0.15) is 6.23 Å². The Morgan fingerprint density at radius 1 is 1.08 bits per heavy atom. The molecule has 2 N–H and O–H groups in total. The molecule has 0 amide bonds. The summed E-state index contributed by atoms with van der Waals surface area (Å²) in [6.07, 6.45) is 9.53. The van der Waals surface area contributed by atoms with Crippen LogP contribution in [0, 0.1) is 11.8 Å². The van der Waals surface area contributed by atoms with Crippen molar-refractivity contribution >= 4 is 0 Å². The molecule has 4 heteroatoms. The van der Waals surface area contributed by atoms with Crippen LogP contribution in [0.4, 0.5) is 0 Å². The van der Waals surface area contributed by atoms with E-state index in [0.717, 1.165) is 24.6 Å². The third-order valence-corrected chi connectivity index (χ3v) is 6.17. The Morgan fingerprint density at radius 2 is 1.85 bits per heavy atom. The molecule has 26 heavy (non-hydrogen) atoms. The molecule has 146 valence electrons. The normalized spacial score (nSPS) is 28.3. The third-order valence-electron chi connectivity index (χ3n) is 6.17. The van der Waals surface area contributed by atoms with Gasteiger partial charge in [-0.15, -0.1) is 0 Å². The van der Waals surface area contributed by atoms with Gasteiger partial charge >= 0.3 is 0 Å². The van der Waals surface area contributed by atoms with Crippen molar-refractivity contribution in [1.82, 2.24) is 4.90 Å². The molecule has 0 aromatic heterocycles. The van der Waals surface area contributed by atoms with E-state index in [2.05, 4.69) is 17.0 Å². The summed E-state index contributed by atoms with van der Waals surface area (Å²) in [6, 6.07) is 10.2. The van der Waals surface area contributed by atoms with Crippen molar-refractivity contribution in [2.24, 2.45) is 11.8 Å². The zero-order chi connectivity index (χ0) is 18.2. The lowest BCUT2D eigenvalue weighted by molar-refractivity contribution is -0.140. The lowest BCUT2D eigenvalue weighted by Crippen LogP contribution is -2.51. The Bertz CT molecular complexity index is 503. The Labute approximate surface area is 158 Å². The van der Waals surface area contributed by atoms with Crippen molar-refractivity contribution < 1.29 is 14.9 Å². The van der Waals surface area contributed by atoms with Gasteiger partial charge in [0, 0.05) is 32.0 Å². The maximum atomic E-state index is 10.3. The monoisotopic (exact) mass is 361 g/mol. The van der Waals surface area contributed by atoms with Gasteiger partial charge in [-0.3, -0.25) is 4.90 Å². The standard InChI is InChI=1S/C22H35NO3/c24-16-20-15-23(13-7-12-18-8-3-1-4-9-18)22(14-21(20)25)26-17-19-10-5-2-6-11-19/h2,5-6,10-11,18,20-22,24-25H,1,3-4,7-9,12-17H2. The van der Waals surface area contributed by atoms with E-state index < -0.39 is 6.10 Å². The van der Waals surface area contributed by atoms with Gasteiger partial charge in [-0.05, 0) is 24.3 Å². The van der Waals surface area contributed by atoms with Crippen LogP contribution < -0.4 is 0 Å². The molecule has 3 rings (SSSR count). The molecule has 0 spiro atoms. The number of likely N-dealkylation sites (tertiary alicyclic amines) is 1. The molecule has 2 fully saturated rings. The van der Waals surface area contributed by atoms with Crippen LogP contribution in [0.1, 0.15) is 56.9 Å². The summed E-state index contributed by atoms with van der Waals surface area (Å²) < 4.78 is 6.17. The van der Waals surface area contributed by atoms with Crippen LogP contribution in [-0.4, -0.2) is 47.1 Å². The number of benzene rings is 1. The van der Waals surface area contributed by atoms with E-state index in [1.807, 2.05) is 18.2 Å². The van der Waals surface area contributed by atoms with Gasteiger partial charge in [-0.25, -0.2) is 0 Å². The molecule has 3 atom stereocenters. The highest BCUT2D eigenvalue weighted by molar-refractivity contribution is 5.13. The molecule has 1 saturated heterocycles. The molecule has 1 saturated carbocycles. The largest absolute Gasteiger partial charge is 0.396 e. The third kappa shape index (κ3) is 5.78. The molecule has 1 aromatic carbocycles. The molecule has 2 aliphatic rings. The predicted octanol–water partition coefficient (Wildman–Crippen LogP) is 3.56. The highest BCUT2D eigenvalue weighted by atomic mass is 16.5. The van der Waals surface area contributed by atoms with Crippen LogP contribution >= 0.6 is 0 Å². The maximum Gasteiger partial charge on any atom is 0.113 e. The van der Waals surface area contributed by atoms with E-state index in [0.29, 0.717) is 13.0 Å². The highest BCUT2D eigenvalue weighted by Gasteiger charge is 2.34. The minimum Gasteiger partial charge on any atom is -0.396 e. The highest BCUT2D eigenvalue weighted by Crippen LogP contribution is 2.29. The first-order valence-electron chi connectivity index (χ1n) is 10.4. The van der Waals surface area contributed by atoms with Crippen LogP contribution in [0.2, 0.25) is 0 Å². The zero-order valence-corrected chi connectivity index (χ0v) is 15.9. The number of hydrogen-bond donors (Lipinski definition) is 2. The molecular weight excluding hydrogens is 326 g/mol. The van der Waals surface area contributed by atoms with Gasteiger partial charge in [-0.2, -0.15) is 0 Å².